The normalized spacial score (nSPS) is 23.5. The zero-order chi connectivity index (χ0) is 36.9. The van der Waals surface area contributed by atoms with Gasteiger partial charge >= 0.3 is 6.18 Å². The molecule has 4 heterocycles. The summed E-state index contributed by atoms with van der Waals surface area (Å²) in [5, 5.41) is 0. The number of halogens is 6. The number of aromatic nitrogens is 2. The van der Waals surface area contributed by atoms with Crippen molar-refractivity contribution in [2.45, 2.75) is 81.8 Å². The van der Waals surface area contributed by atoms with Crippen molar-refractivity contribution < 1.29 is 40.7 Å². The molecule has 3 aromatic rings. The average molecular weight is 731 g/mol. The summed E-state index contributed by atoms with van der Waals surface area (Å²) in [6, 6.07) is 6.58. The number of ether oxygens (including phenoxy) is 1. The number of carbonyl (C=O) groups excluding carboxylic acids is 2. The highest BCUT2D eigenvalue weighted by Gasteiger charge is 2.55. The highest BCUT2D eigenvalue weighted by molar-refractivity contribution is 6.76. The van der Waals surface area contributed by atoms with Gasteiger partial charge in [0.2, 0.25) is 11.8 Å². The number of anilines is 1. The van der Waals surface area contributed by atoms with Crippen LogP contribution < -0.4 is 4.90 Å². The Balaban J connectivity index is 1.19. The van der Waals surface area contributed by atoms with Gasteiger partial charge in [0, 0.05) is 68.7 Å². The van der Waals surface area contributed by atoms with Gasteiger partial charge < -0.3 is 9.64 Å². The molecule has 0 saturated carbocycles. The number of hydrogen-bond acceptors (Lipinski definition) is 5. The number of likely N-dealkylation sites (tertiary alicyclic amines) is 1. The number of hydrogen-bond donors (Lipinski definition) is 0. The van der Waals surface area contributed by atoms with E-state index in [1.807, 2.05) is 12.1 Å². The summed E-state index contributed by atoms with van der Waals surface area (Å²) in [7, 11) is -1.32. The Morgan fingerprint density at radius 1 is 1.08 bits per heavy atom. The molecule has 3 unspecified atom stereocenters. The lowest BCUT2D eigenvalue weighted by Gasteiger charge is -2.43. The van der Waals surface area contributed by atoms with Crippen molar-refractivity contribution >= 4 is 31.8 Å². The maximum absolute atomic E-state index is 14.8. The molecule has 2 amide bonds. The highest BCUT2D eigenvalue weighted by Crippen LogP contribution is 2.49. The number of allylic oxidation sites excluding steroid dienone is 1. The fraction of sp³-hybridized carbons (Fsp3) is 0.459. The molecular weight excluding hydrogens is 691 g/mol. The van der Waals surface area contributed by atoms with E-state index in [4.69, 9.17) is 4.74 Å². The molecule has 6 rings (SSSR count). The summed E-state index contributed by atoms with van der Waals surface area (Å²) in [4.78, 5) is 38.8. The molecule has 0 radical (unpaired) electrons. The first kappa shape index (κ1) is 36.7. The van der Waals surface area contributed by atoms with Crippen molar-refractivity contribution in [1.29, 1.82) is 0 Å². The molecule has 1 saturated heterocycles. The van der Waals surface area contributed by atoms with E-state index < -0.39 is 73.0 Å². The molecule has 1 aliphatic carbocycles. The predicted octanol–water partition coefficient (Wildman–Crippen LogP) is 7.58. The number of piperidine rings is 1. The highest BCUT2D eigenvalue weighted by atomic mass is 28.3. The van der Waals surface area contributed by atoms with Gasteiger partial charge in [-0.25, -0.2) is 18.2 Å². The molecular formula is C37H40F6N4O3Si. The number of pyridine rings is 2. The van der Waals surface area contributed by atoms with Crippen LogP contribution in [0, 0.1) is 23.4 Å². The summed E-state index contributed by atoms with van der Waals surface area (Å²) in [5.74, 6) is -6.22. The van der Waals surface area contributed by atoms with E-state index in [-0.39, 0.29) is 25.5 Å². The van der Waals surface area contributed by atoms with E-state index in [2.05, 4.69) is 29.6 Å². The van der Waals surface area contributed by atoms with Gasteiger partial charge in [-0.1, -0.05) is 37.9 Å². The maximum Gasteiger partial charge on any atom is 0.406 e. The molecule has 2 aromatic heterocycles. The van der Waals surface area contributed by atoms with Crippen LogP contribution in [0.2, 0.25) is 25.7 Å². The first-order valence-electron chi connectivity index (χ1n) is 17.0. The third-order valence-electron chi connectivity index (χ3n) is 10.2. The topological polar surface area (TPSA) is 75.6 Å². The van der Waals surface area contributed by atoms with Crippen LogP contribution in [0.25, 0.3) is 6.08 Å². The molecule has 14 heteroatoms. The molecule has 2 aliphatic heterocycles. The minimum atomic E-state index is -4.74. The number of rotatable bonds is 10. The molecule has 4 atom stereocenters. The SMILES string of the molecule is CC1C(c2cc(F)cc(F)c2F)CC(C/C=C/c2cnc3c(c2)C[C@@]2(C3)C(=O)N(COCC[Si](C)(C)C)c3ncccc32)C(=O)N1CC(F)(F)F. The summed E-state index contributed by atoms with van der Waals surface area (Å²) in [5.41, 5.74) is 1.83. The number of amides is 2. The number of alkyl halides is 3. The van der Waals surface area contributed by atoms with Gasteiger partial charge in [-0.3, -0.25) is 19.5 Å². The van der Waals surface area contributed by atoms with Gasteiger partial charge in [-0.2, -0.15) is 13.2 Å². The minimum absolute atomic E-state index is 0.00103. The summed E-state index contributed by atoms with van der Waals surface area (Å²) < 4.78 is 89.6. The van der Waals surface area contributed by atoms with E-state index in [1.165, 1.54) is 6.92 Å². The van der Waals surface area contributed by atoms with Crippen LogP contribution in [0.4, 0.5) is 32.2 Å². The van der Waals surface area contributed by atoms with Crippen molar-refractivity contribution in [1.82, 2.24) is 14.9 Å². The zero-order valence-corrected chi connectivity index (χ0v) is 29.9. The van der Waals surface area contributed by atoms with E-state index in [9.17, 15) is 35.9 Å². The first-order chi connectivity index (χ1) is 24.0. The summed E-state index contributed by atoms with van der Waals surface area (Å²) in [6.45, 7) is 7.19. The lowest BCUT2D eigenvalue weighted by molar-refractivity contribution is -0.172. The van der Waals surface area contributed by atoms with Crippen molar-refractivity contribution in [3.63, 3.8) is 0 Å². The molecule has 0 bridgehead atoms. The second-order valence-electron chi connectivity index (χ2n) is 15.1. The molecule has 7 nitrogen and oxygen atoms in total. The van der Waals surface area contributed by atoms with Crippen molar-refractivity contribution in [2.75, 3.05) is 24.8 Å². The minimum Gasteiger partial charge on any atom is -0.361 e. The molecule has 3 aliphatic rings. The maximum atomic E-state index is 14.8. The predicted molar refractivity (Wildman–Crippen MR) is 182 cm³/mol. The molecule has 1 aromatic carbocycles. The average Bonchev–Trinajstić information content (AvgIpc) is 3.54. The first-order valence-corrected chi connectivity index (χ1v) is 20.7. The van der Waals surface area contributed by atoms with Crippen LogP contribution in [0.15, 0.2) is 48.8 Å². The number of benzene rings is 1. The van der Waals surface area contributed by atoms with Crippen LogP contribution >= 0.6 is 0 Å². The third-order valence-corrected chi connectivity index (χ3v) is 11.9. The molecule has 51 heavy (non-hydrogen) atoms. The number of carbonyl (C=O) groups is 2. The summed E-state index contributed by atoms with van der Waals surface area (Å²) in [6.07, 6.45) is 2.55. The lowest BCUT2D eigenvalue weighted by Crippen LogP contribution is -2.53. The summed E-state index contributed by atoms with van der Waals surface area (Å²) >= 11 is 0. The van der Waals surface area contributed by atoms with Gasteiger partial charge in [0.15, 0.2) is 11.6 Å². The Morgan fingerprint density at radius 3 is 2.57 bits per heavy atom. The number of fused-ring (bicyclic) bond motifs is 3. The Labute approximate surface area is 293 Å². The molecule has 1 spiro atoms. The second kappa shape index (κ2) is 13.8. The molecule has 272 valence electrons. The quantitative estimate of drug-likeness (QED) is 0.0932. The lowest BCUT2D eigenvalue weighted by atomic mass is 9.77. The van der Waals surface area contributed by atoms with Crippen molar-refractivity contribution in [3.05, 3.63) is 94.2 Å². The second-order valence-corrected chi connectivity index (χ2v) is 20.7. The van der Waals surface area contributed by atoms with Crippen LogP contribution in [0.5, 0.6) is 0 Å². The smallest absolute Gasteiger partial charge is 0.361 e. The van der Waals surface area contributed by atoms with Crippen molar-refractivity contribution in [2.24, 2.45) is 5.92 Å². The Morgan fingerprint density at radius 2 is 1.84 bits per heavy atom. The van der Waals surface area contributed by atoms with E-state index in [1.54, 1.807) is 35.5 Å². The van der Waals surface area contributed by atoms with E-state index in [0.717, 1.165) is 28.9 Å². The Bertz CT molecular complexity index is 1860. The molecule has 1 fully saturated rings. The van der Waals surface area contributed by atoms with E-state index >= 15 is 0 Å². The van der Waals surface area contributed by atoms with Crippen LogP contribution in [-0.2, 0) is 32.6 Å². The Kier molecular flexibility index (Phi) is 9.96. The van der Waals surface area contributed by atoms with Gasteiger partial charge in [0.05, 0.1) is 5.41 Å². The van der Waals surface area contributed by atoms with Gasteiger partial charge in [-0.05, 0) is 67.1 Å². The van der Waals surface area contributed by atoms with Crippen LogP contribution in [-0.4, -0.2) is 66.9 Å². The zero-order valence-electron chi connectivity index (χ0n) is 28.9. The van der Waals surface area contributed by atoms with Crippen LogP contribution in [0.1, 0.15) is 53.6 Å². The standard InChI is InChI=1S/C37H40F6N4O3Si/c1-22-27(28-15-26(38)16-30(39)32(28)40)14-24(34(48)46(22)20-37(41,42)43)8-5-7-23-13-25-17-36(18-31(25)45-19-23)29-9-6-10-44-33(29)47(35(36)49)21-50-11-12-51(2,3)4/h5-7,9-10,13,15-16,19,22,24,27H,8,11-12,14,17-18,20-21H2,1-4H3/b7-5+/t22?,24?,27?,36-/m0/s1. The monoisotopic (exact) mass is 730 g/mol. The van der Waals surface area contributed by atoms with E-state index in [0.29, 0.717) is 41.8 Å². The molecule has 0 N–H and O–H groups in total. The Hall–Kier alpha value is -4.04. The van der Waals surface area contributed by atoms with Crippen molar-refractivity contribution in [3.8, 4) is 0 Å². The number of nitrogens with zero attached hydrogens (tertiary/aromatic N) is 4. The van der Waals surface area contributed by atoms with Gasteiger partial charge in [0.25, 0.3) is 0 Å². The van der Waals surface area contributed by atoms with Gasteiger partial charge in [0.1, 0.15) is 24.9 Å². The van der Waals surface area contributed by atoms with Gasteiger partial charge in [-0.15, -0.1) is 0 Å². The van der Waals surface area contributed by atoms with Crippen LogP contribution in [0.3, 0.4) is 0 Å². The third kappa shape index (κ3) is 7.48. The fourth-order valence-electron chi connectivity index (χ4n) is 7.55. The fourth-order valence-corrected chi connectivity index (χ4v) is 8.31. The largest absolute Gasteiger partial charge is 0.406 e.